The van der Waals surface area contributed by atoms with Crippen LogP contribution >= 0.6 is 0 Å². The third-order valence-corrected chi connectivity index (χ3v) is 3.81. The first-order valence-corrected chi connectivity index (χ1v) is 7.59. The number of carbonyl (C=O) groups is 1. The van der Waals surface area contributed by atoms with Crippen LogP contribution in [0.25, 0.3) is 22.0 Å². The molecular formula is C17H19N5O. The Morgan fingerprint density at radius 3 is 2.83 bits per heavy atom. The van der Waals surface area contributed by atoms with Gasteiger partial charge in [0.1, 0.15) is 0 Å². The van der Waals surface area contributed by atoms with Crippen molar-refractivity contribution in [1.82, 2.24) is 20.3 Å². The third-order valence-electron chi connectivity index (χ3n) is 3.81. The molecular weight excluding hydrogens is 290 g/mol. The highest BCUT2D eigenvalue weighted by molar-refractivity contribution is 6.09. The highest BCUT2D eigenvalue weighted by Gasteiger charge is 2.16. The minimum Gasteiger partial charge on any atom is -0.396 e. The Labute approximate surface area is 134 Å². The van der Waals surface area contributed by atoms with Crippen molar-refractivity contribution in [2.24, 2.45) is 0 Å². The number of aromatic nitrogens is 3. The Kier molecular flexibility index (Phi) is 3.97. The average molecular weight is 309 g/mol. The van der Waals surface area contributed by atoms with E-state index < -0.39 is 0 Å². The second-order valence-corrected chi connectivity index (χ2v) is 5.42. The van der Waals surface area contributed by atoms with E-state index in [-0.39, 0.29) is 11.6 Å². The molecule has 1 aromatic carbocycles. The summed E-state index contributed by atoms with van der Waals surface area (Å²) in [5.74, 6) is -0.243. The molecule has 118 valence electrons. The van der Waals surface area contributed by atoms with Crippen LogP contribution in [0.4, 0.5) is 5.69 Å². The molecule has 3 aromatic rings. The molecule has 3 rings (SSSR count). The summed E-state index contributed by atoms with van der Waals surface area (Å²) in [6.45, 7) is 4.56. The summed E-state index contributed by atoms with van der Waals surface area (Å²) in [5.41, 5.74) is 9.64. The number of nitrogens with one attached hydrogen (secondary N) is 2. The van der Waals surface area contributed by atoms with Crippen molar-refractivity contribution in [3.05, 3.63) is 42.1 Å². The van der Waals surface area contributed by atoms with E-state index in [2.05, 4.69) is 20.3 Å². The topological polar surface area (TPSA) is 96.7 Å². The standard InChI is InChI=1S/C17H19N5O/c1-3-7-19-17(23)16-14(18)11-5-4-6-12(13(11)8-20-16)15-10(2)21-9-22-15/h4-6,8-9H,3,7,18H2,1-2H3,(H,19,23)(H,21,22). The molecule has 0 aliphatic carbocycles. The quantitative estimate of drug-likeness (QED) is 0.690. The van der Waals surface area contributed by atoms with Gasteiger partial charge in [-0.25, -0.2) is 9.97 Å². The van der Waals surface area contributed by atoms with Crippen LogP contribution in [0.15, 0.2) is 30.7 Å². The van der Waals surface area contributed by atoms with Gasteiger partial charge in [0.15, 0.2) is 5.69 Å². The Bertz CT molecular complexity index is 869. The van der Waals surface area contributed by atoms with Crippen molar-refractivity contribution in [2.75, 3.05) is 12.3 Å². The zero-order valence-corrected chi connectivity index (χ0v) is 13.2. The lowest BCUT2D eigenvalue weighted by molar-refractivity contribution is 0.0950. The van der Waals surface area contributed by atoms with Crippen LogP contribution < -0.4 is 11.1 Å². The summed E-state index contributed by atoms with van der Waals surface area (Å²) in [6.07, 6.45) is 4.21. The van der Waals surface area contributed by atoms with Crippen LogP contribution in [0.5, 0.6) is 0 Å². The zero-order chi connectivity index (χ0) is 16.4. The van der Waals surface area contributed by atoms with Crippen LogP contribution in [0.2, 0.25) is 0 Å². The maximum atomic E-state index is 12.2. The van der Waals surface area contributed by atoms with Crippen molar-refractivity contribution >= 4 is 22.4 Å². The number of H-pyrrole nitrogens is 1. The largest absolute Gasteiger partial charge is 0.396 e. The number of hydrogen-bond donors (Lipinski definition) is 3. The number of aryl methyl sites for hydroxylation is 1. The van der Waals surface area contributed by atoms with E-state index in [0.717, 1.165) is 34.1 Å². The number of amides is 1. The molecule has 1 amide bonds. The molecule has 0 aliphatic heterocycles. The van der Waals surface area contributed by atoms with E-state index in [1.807, 2.05) is 32.0 Å². The summed E-state index contributed by atoms with van der Waals surface area (Å²) in [4.78, 5) is 23.9. The highest BCUT2D eigenvalue weighted by atomic mass is 16.1. The fraction of sp³-hybridized carbons (Fsp3) is 0.235. The number of hydrogen-bond acceptors (Lipinski definition) is 4. The molecule has 6 heteroatoms. The van der Waals surface area contributed by atoms with Gasteiger partial charge in [-0.05, 0) is 13.3 Å². The summed E-state index contributed by atoms with van der Waals surface area (Å²) >= 11 is 0. The lowest BCUT2D eigenvalue weighted by atomic mass is 10.0. The molecule has 0 saturated heterocycles. The van der Waals surface area contributed by atoms with E-state index >= 15 is 0 Å². The first kappa shape index (κ1) is 15.0. The van der Waals surface area contributed by atoms with Crippen LogP contribution in [0, 0.1) is 6.92 Å². The van der Waals surface area contributed by atoms with E-state index in [4.69, 9.17) is 5.73 Å². The van der Waals surface area contributed by atoms with Crippen molar-refractivity contribution in [2.45, 2.75) is 20.3 Å². The zero-order valence-electron chi connectivity index (χ0n) is 13.2. The maximum Gasteiger partial charge on any atom is 0.272 e. The molecule has 6 nitrogen and oxygen atoms in total. The van der Waals surface area contributed by atoms with E-state index in [1.54, 1.807) is 12.5 Å². The molecule has 4 N–H and O–H groups in total. The fourth-order valence-electron chi connectivity index (χ4n) is 2.61. The number of imidazole rings is 1. The highest BCUT2D eigenvalue weighted by Crippen LogP contribution is 2.32. The first-order chi connectivity index (χ1) is 11.1. The second kappa shape index (κ2) is 6.08. The van der Waals surface area contributed by atoms with E-state index in [0.29, 0.717) is 12.2 Å². The van der Waals surface area contributed by atoms with Crippen molar-refractivity contribution in [3.8, 4) is 11.3 Å². The number of nitrogens with two attached hydrogens (primary N) is 1. The molecule has 0 bridgehead atoms. The van der Waals surface area contributed by atoms with Gasteiger partial charge in [0, 0.05) is 34.8 Å². The van der Waals surface area contributed by atoms with Crippen LogP contribution in [-0.2, 0) is 0 Å². The number of nitrogens with zero attached hydrogens (tertiary/aromatic N) is 2. The van der Waals surface area contributed by atoms with Gasteiger partial charge < -0.3 is 16.0 Å². The Morgan fingerprint density at radius 1 is 1.30 bits per heavy atom. The number of carbonyl (C=O) groups excluding carboxylic acids is 1. The van der Waals surface area contributed by atoms with E-state index in [1.165, 1.54) is 0 Å². The number of rotatable bonds is 4. The molecule has 0 unspecified atom stereocenters. The molecule has 0 radical (unpaired) electrons. The number of pyridine rings is 1. The first-order valence-electron chi connectivity index (χ1n) is 7.59. The van der Waals surface area contributed by atoms with Crippen LogP contribution in [-0.4, -0.2) is 27.4 Å². The normalized spacial score (nSPS) is 10.9. The lowest BCUT2D eigenvalue weighted by Gasteiger charge is -2.11. The minimum absolute atomic E-state index is 0.243. The number of anilines is 1. The molecule has 2 heterocycles. The molecule has 2 aromatic heterocycles. The molecule has 0 saturated carbocycles. The van der Waals surface area contributed by atoms with Gasteiger partial charge in [-0.1, -0.05) is 25.1 Å². The predicted octanol–water partition coefficient (Wildman–Crippen LogP) is 2.66. The lowest BCUT2D eigenvalue weighted by Crippen LogP contribution is -2.26. The predicted molar refractivity (Wildman–Crippen MR) is 91.1 cm³/mol. The van der Waals surface area contributed by atoms with Crippen molar-refractivity contribution in [1.29, 1.82) is 0 Å². The van der Waals surface area contributed by atoms with Gasteiger partial charge in [0.05, 0.1) is 17.7 Å². The molecule has 0 spiro atoms. The van der Waals surface area contributed by atoms with Crippen molar-refractivity contribution in [3.63, 3.8) is 0 Å². The summed E-state index contributed by atoms with van der Waals surface area (Å²) in [6, 6.07) is 5.79. The Balaban J connectivity index is 2.13. The third kappa shape index (κ3) is 2.63. The number of aromatic amines is 1. The Morgan fingerprint density at radius 2 is 2.13 bits per heavy atom. The maximum absolute atomic E-state index is 12.2. The van der Waals surface area contributed by atoms with Crippen molar-refractivity contribution < 1.29 is 4.79 Å². The SMILES string of the molecule is CCCNC(=O)c1ncc2c(-c3nc[nH]c3C)cccc2c1N. The second-order valence-electron chi connectivity index (χ2n) is 5.42. The summed E-state index contributed by atoms with van der Waals surface area (Å²) < 4.78 is 0. The molecule has 0 aliphatic rings. The summed E-state index contributed by atoms with van der Waals surface area (Å²) in [7, 11) is 0. The monoisotopic (exact) mass is 309 g/mol. The van der Waals surface area contributed by atoms with Gasteiger partial charge in [-0.15, -0.1) is 0 Å². The van der Waals surface area contributed by atoms with Gasteiger partial charge in [-0.3, -0.25) is 4.79 Å². The number of fused-ring (bicyclic) bond motifs is 1. The van der Waals surface area contributed by atoms with Gasteiger partial charge in [0.2, 0.25) is 0 Å². The number of nitrogen functional groups attached to an aromatic ring is 1. The average Bonchev–Trinajstić information content (AvgIpc) is 2.98. The molecule has 0 atom stereocenters. The number of benzene rings is 1. The fourth-order valence-corrected chi connectivity index (χ4v) is 2.61. The van der Waals surface area contributed by atoms with Crippen LogP contribution in [0.3, 0.4) is 0 Å². The summed E-state index contributed by atoms with van der Waals surface area (Å²) in [5, 5.41) is 4.50. The van der Waals surface area contributed by atoms with Gasteiger partial charge >= 0.3 is 0 Å². The van der Waals surface area contributed by atoms with Gasteiger partial charge in [0.25, 0.3) is 5.91 Å². The van der Waals surface area contributed by atoms with E-state index in [9.17, 15) is 4.79 Å². The minimum atomic E-state index is -0.243. The van der Waals surface area contributed by atoms with Crippen LogP contribution in [0.1, 0.15) is 29.5 Å². The smallest absolute Gasteiger partial charge is 0.272 e. The van der Waals surface area contributed by atoms with Gasteiger partial charge in [-0.2, -0.15) is 0 Å². The Hall–Kier alpha value is -2.89. The molecule has 0 fully saturated rings. The molecule has 23 heavy (non-hydrogen) atoms.